The fourth-order valence-corrected chi connectivity index (χ4v) is 3.63. The number of halogens is 3. The maximum atomic E-state index is 12.0. The predicted octanol–water partition coefficient (Wildman–Crippen LogP) is 1.10. The molecule has 1 fully saturated rings. The molecule has 0 aromatic heterocycles. The number of nitrogens with two attached hydrogens (primary N) is 1. The van der Waals surface area contributed by atoms with E-state index < -0.39 is 34.8 Å². The van der Waals surface area contributed by atoms with Crippen molar-refractivity contribution in [3.05, 3.63) is 0 Å². The Morgan fingerprint density at radius 3 is 2.35 bits per heavy atom. The van der Waals surface area contributed by atoms with Gasteiger partial charge < -0.3 is 10.5 Å². The highest BCUT2D eigenvalue weighted by atomic mass is 32.2. The molecule has 0 spiro atoms. The summed E-state index contributed by atoms with van der Waals surface area (Å²) in [5.41, 5.74) is 5.31. The second-order valence-electron chi connectivity index (χ2n) is 4.79. The second kappa shape index (κ2) is 7.58. The first-order chi connectivity index (χ1) is 9.24. The van der Waals surface area contributed by atoms with E-state index in [9.17, 15) is 21.6 Å². The fourth-order valence-electron chi connectivity index (χ4n) is 2.10. The molecule has 2 N–H and O–H groups in total. The standard InChI is InChI=1S/C11H21F3N2O3S/c12-11(13,14)4-1-9-20(17,18)16-6-2-10(3-7-16)19-8-5-15/h10H,1-9,15H2. The van der Waals surface area contributed by atoms with Gasteiger partial charge in [0.05, 0.1) is 18.5 Å². The lowest BCUT2D eigenvalue weighted by molar-refractivity contribution is -0.134. The van der Waals surface area contributed by atoms with Crippen LogP contribution in [0.3, 0.4) is 0 Å². The predicted molar refractivity (Wildman–Crippen MR) is 68.7 cm³/mol. The largest absolute Gasteiger partial charge is 0.389 e. The van der Waals surface area contributed by atoms with Crippen molar-refractivity contribution in [2.75, 3.05) is 32.0 Å². The maximum Gasteiger partial charge on any atom is 0.389 e. The summed E-state index contributed by atoms with van der Waals surface area (Å²) < 4.78 is 66.5. The molecule has 1 aliphatic heterocycles. The summed E-state index contributed by atoms with van der Waals surface area (Å²) in [4.78, 5) is 0. The van der Waals surface area contributed by atoms with Gasteiger partial charge in [-0.1, -0.05) is 0 Å². The summed E-state index contributed by atoms with van der Waals surface area (Å²) in [7, 11) is -3.60. The van der Waals surface area contributed by atoms with Gasteiger partial charge in [-0.25, -0.2) is 12.7 Å². The summed E-state index contributed by atoms with van der Waals surface area (Å²) in [6, 6.07) is 0. The molecule has 1 saturated heterocycles. The number of rotatable bonds is 7. The lowest BCUT2D eigenvalue weighted by Gasteiger charge is -2.31. The Morgan fingerprint density at radius 1 is 1.25 bits per heavy atom. The number of sulfonamides is 1. The van der Waals surface area contributed by atoms with E-state index in [1.165, 1.54) is 4.31 Å². The van der Waals surface area contributed by atoms with Gasteiger partial charge in [0.2, 0.25) is 10.0 Å². The monoisotopic (exact) mass is 318 g/mol. The average Bonchev–Trinajstić information content (AvgIpc) is 2.35. The van der Waals surface area contributed by atoms with E-state index in [2.05, 4.69) is 0 Å². The van der Waals surface area contributed by atoms with Crippen LogP contribution in [-0.4, -0.2) is 57.0 Å². The Morgan fingerprint density at radius 2 is 1.85 bits per heavy atom. The van der Waals surface area contributed by atoms with E-state index in [4.69, 9.17) is 10.5 Å². The molecule has 0 radical (unpaired) electrons. The minimum atomic E-state index is -4.31. The molecule has 1 heterocycles. The van der Waals surface area contributed by atoms with Gasteiger partial charge in [0.1, 0.15) is 0 Å². The molecule has 0 aromatic rings. The zero-order valence-corrected chi connectivity index (χ0v) is 12.0. The van der Waals surface area contributed by atoms with Gasteiger partial charge in [-0.05, 0) is 19.3 Å². The minimum Gasteiger partial charge on any atom is -0.377 e. The number of piperidine rings is 1. The van der Waals surface area contributed by atoms with Gasteiger partial charge in [-0.15, -0.1) is 0 Å². The highest BCUT2D eigenvalue weighted by molar-refractivity contribution is 7.89. The number of alkyl halides is 3. The highest BCUT2D eigenvalue weighted by Crippen LogP contribution is 2.23. The van der Waals surface area contributed by atoms with Gasteiger partial charge in [-0.3, -0.25) is 0 Å². The van der Waals surface area contributed by atoms with Crippen LogP contribution in [-0.2, 0) is 14.8 Å². The molecule has 0 bridgehead atoms. The smallest absolute Gasteiger partial charge is 0.377 e. The first-order valence-corrected chi connectivity index (χ1v) is 8.22. The molecule has 0 unspecified atom stereocenters. The average molecular weight is 318 g/mol. The van der Waals surface area contributed by atoms with Crippen LogP contribution in [0.15, 0.2) is 0 Å². The third-order valence-corrected chi connectivity index (χ3v) is 5.08. The van der Waals surface area contributed by atoms with Crippen molar-refractivity contribution in [2.45, 2.75) is 38.0 Å². The van der Waals surface area contributed by atoms with E-state index in [1.54, 1.807) is 0 Å². The molecule has 120 valence electrons. The van der Waals surface area contributed by atoms with Crippen molar-refractivity contribution >= 4 is 10.0 Å². The second-order valence-corrected chi connectivity index (χ2v) is 6.88. The van der Waals surface area contributed by atoms with Gasteiger partial charge in [0.15, 0.2) is 0 Å². The first-order valence-electron chi connectivity index (χ1n) is 6.61. The van der Waals surface area contributed by atoms with Gasteiger partial charge in [-0.2, -0.15) is 13.2 Å². The van der Waals surface area contributed by atoms with Crippen molar-refractivity contribution in [1.29, 1.82) is 0 Å². The van der Waals surface area contributed by atoms with Gasteiger partial charge in [0.25, 0.3) is 0 Å². The third-order valence-electron chi connectivity index (χ3n) is 3.13. The van der Waals surface area contributed by atoms with Crippen LogP contribution in [0.5, 0.6) is 0 Å². The van der Waals surface area contributed by atoms with Crippen LogP contribution >= 0.6 is 0 Å². The zero-order valence-electron chi connectivity index (χ0n) is 11.2. The molecule has 1 rings (SSSR count). The SMILES string of the molecule is NCCOC1CCN(S(=O)(=O)CCCC(F)(F)F)CC1. The van der Waals surface area contributed by atoms with E-state index in [0.29, 0.717) is 39.1 Å². The Labute approximate surface area is 117 Å². The van der Waals surface area contributed by atoms with Crippen molar-refractivity contribution < 1.29 is 26.3 Å². The summed E-state index contributed by atoms with van der Waals surface area (Å²) in [5.74, 6) is -0.458. The summed E-state index contributed by atoms with van der Waals surface area (Å²) in [5, 5.41) is 0. The number of hydrogen-bond acceptors (Lipinski definition) is 4. The van der Waals surface area contributed by atoms with Crippen LogP contribution in [0.1, 0.15) is 25.7 Å². The molecule has 20 heavy (non-hydrogen) atoms. The number of ether oxygens (including phenoxy) is 1. The number of hydrogen-bond donors (Lipinski definition) is 1. The van der Waals surface area contributed by atoms with E-state index in [1.807, 2.05) is 0 Å². The van der Waals surface area contributed by atoms with E-state index in [0.717, 1.165) is 0 Å². The molecule has 1 aliphatic rings. The lowest BCUT2D eigenvalue weighted by atomic mass is 10.1. The summed E-state index contributed by atoms with van der Waals surface area (Å²) in [6.45, 7) is 1.44. The van der Waals surface area contributed by atoms with E-state index in [-0.39, 0.29) is 6.10 Å². The van der Waals surface area contributed by atoms with Crippen LogP contribution in [0.25, 0.3) is 0 Å². The summed E-state index contributed by atoms with van der Waals surface area (Å²) >= 11 is 0. The van der Waals surface area contributed by atoms with Crippen LogP contribution in [0.4, 0.5) is 13.2 Å². The van der Waals surface area contributed by atoms with Crippen molar-refractivity contribution in [1.82, 2.24) is 4.31 Å². The molecular formula is C11H21F3N2O3S. The minimum absolute atomic E-state index is 0.0137. The highest BCUT2D eigenvalue weighted by Gasteiger charge is 2.31. The van der Waals surface area contributed by atoms with Crippen LogP contribution in [0.2, 0.25) is 0 Å². The normalized spacial score (nSPS) is 19.4. The Hall–Kier alpha value is -0.380. The first kappa shape index (κ1) is 17.7. The zero-order chi connectivity index (χ0) is 15.2. The molecule has 5 nitrogen and oxygen atoms in total. The molecule has 0 aromatic carbocycles. The Balaban J connectivity index is 2.35. The lowest BCUT2D eigenvalue weighted by Crippen LogP contribution is -2.42. The molecule has 0 amide bonds. The topological polar surface area (TPSA) is 72.6 Å². The molecule has 0 atom stereocenters. The quantitative estimate of drug-likeness (QED) is 0.763. The molecule has 9 heteroatoms. The third kappa shape index (κ3) is 6.38. The van der Waals surface area contributed by atoms with Crippen LogP contribution in [0, 0.1) is 0 Å². The summed E-state index contributed by atoms with van der Waals surface area (Å²) in [6.07, 6.45) is -4.67. The Kier molecular flexibility index (Phi) is 6.70. The fraction of sp³-hybridized carbons (Fsp3) is 1.00. The van der Waals surface area contributed by atoms with Crippen molar-refractivity contribution in [3.63, 3.8) is 0 Å². The van der Waals surface area contributed by atoms with Crippen molar-refractivity contribution in [3.8, 4) is 0 Å². The van der Waals surface area contributed by atoms with Crippen LogP contribution < -0.4 is 5.73 Å². The van der Waals surface area contributed by atoms with E-state index >= 15 is 0 Å². The molecule has 0 aliphatic carbocycles. The van der Waals surface area contributed by atoms with Gasteiger partial charge >= 0.3 is 6.18 Å². The molecule has 0 saturated carbocycles. The van der Waals surface area contributed by atoms with Gasteiger partial charge in [0, 0.05) is 26.1 Å². The maximum absolute atomic E-state index is 12.0. The van der Waals surface area contributed by atoms with Crippen molar-refractivity contribution in [2.24, 2.45) is 5.73 Å². The number of nitrogens with zero attached hydrogens (tertiary/aromatic N) is 1. The molecular weight excluding hydrogens is 297 g/mol. The Bertz CT molecular complexity index is 379.